The third-order valence-corrected chi connectivity index (χ3v) is 6.74. The van der Waals surface area contributed by atoms with Gasteiger partial charge in [-0.25, -0.2) is 0 Å². The molecule has 25 heavy (non-hydrogen) atoms. The first-order valence-corrected chi connectivity index (χ1v) is 9.92. The predicted octanol–water partition coefficient (Wildman–Crippen LogP) is 4.53. The normalized spacial score (nSPS) is 32.3. The van der Waals surface area contributed by atoms with Crippen LogP contribution < -0.4 is 16.2 Å². The molecule has 4 bridgehead atoms. The molecule has 5 rings (SSSR count). The third-order valence-electron chi connectivity index (χ3n) is 5.99. The molecule has 0 unspecified atom stereocenters. The van der Waals surface area contributed by atoms with Crippen LogP contribution in [0.2, 0.25) is 10.0 Å². The van der Waals surface area contributed by atoms with E-state index in [4.69, 9.17) is 35.4 Å². The third kappa shape index (κ3) is 3.46. The smallest absolute Gasteiger partial charge is 0.244 e. The first kappa shape index (κ1) is 17.4. The van der Waals surface area contributed by atoms with Crippen LogP contribution in [0.1, 0.15) is 38.5 Å². The van der Waals surface area contributed by atoms with Crippen molar-refractivity contribution in [1.29, 1.82) is 0 Å². The van der Waals surface area contributed by atoms with Crippen LogP contribution in [-0.4, -0.2) is 11.0 Å². The molecule has 0 atom stereocenters. The number of amides is 1. The molecule has 0 radical (unpaired) electrons. The van der Waals surface area contributed by atoms with E-state index >= 15 is 0 Å². The van der Waals surface area contributed by atoms with Gasteiger partial charge in [-0.3, -0.25) is 15.6 Å². The van der Waals surface area contributed by atoms with Crippen molar-refractivity contribution in [2.45, 2.75) is 38.5 Å². The molecule has 0 spiro atoms. The lowest BCUT2D eigenvalue weighted by atomic mass is 9.49. The van der Waals surface area contributed by atoms with E-state index in [2.05, 4.69) is 16.2 Å². The Morgan fingerprint density at radius 3 is 2.20 bits per heavy atom. The van der Waals surface area contributed by atoms with Crippen LogP contribution in [0, 0.1) is 23.2 Å². The lowest BCUT2D eigenvalue weighted by Crippen LogP contribution is -2.57. The maximum absolute atomic E-state index is 12.9. The van der Waals surface area contributed by atoms with Crippen molar-refractivity contribution in [2.24, 2.45) is 23.2 Å². The number of carbonyl (C=O) groups is 1. The largest absolute Gasteiger partial charge is 0.330 e. The molecule has 1 aromatic rings. The number of benzene rings is 1. The van der Waals surface area contributed by atoms with Gasteiger partial charge in [0, 0.05) is 5.02 Å². The molecule has 7 heteroatoms. The summed E-state index contributed by atoms with van der Waals surface area (Å²) < 4.78 is 0. The van der Waals surface area contributed by atoms with Gasteiger partial charge in [-0.15, -0.1) is 0 Å². The second-order valence-electron chi connectivity index (χ2n) is 7.86. The van der Waals surface area contributed by atoms with Gasteiger partial charge in [0.1, 0.15) is 0 Å². The fourth-order valence-corrected chi connectivity index (χ4v) is 6.00. The summed E-state index contributed by atoms with van der Waals surface area (Å²) in [5.41, 5.74) is 6.10. The Balaban J connectivity index is 1.35. The number of rotatable bonds is 2. The van der Waals surface area contributed by atoms with Gasteiger partial charge in [-0.2, -0.15) is 0 Å². The second-order valence-corrected chi connectivity index (χ2v) is 9.11. The fourth-order valence-electron chi connectivity index (χ4n) is 5.38. The van der Waals surface area contributed by atoms with Crippen molar-refractivity contribution < 1.29 is 4.79 Å². The molecule has 0 saturated heterocycles. The van der Waals surface area contributed by atoms with Crippen molar-refractivity contribution in [3.63, 3.8) is 0 Å². The van der Waals surface area contributed by atoms with Crippen LogP contribution in [0.3, 0.4) is 0 Å². The molecule has 4 aliphatic carbocycles. The van der Waals surface area contributed by atoms with Crippen LogP contribution in [-0.2, 0) is 4.79 Å². The molecule has 4 aliphatic rings. The summed E-state index contributed by atoms with van der Waals surface area (Å²) in [6, 6.07) is 5.12. The van der Waals surface area contributed by atoms with Gasteiger partial charge in [-0.1, -0.05) is 23.2 Å². The number of thiocarbonyl (C=S) groups is 1. The van der Waals surface area contributed by atoms with Crippen molar-refractivity contribution in [3.8, 4) is 0 Å². The van der Waals surface area contributed by atoms with Gasteiger partial charge in [0.2, 0.25) is 5.91 Å². The van der Waals surface area contributed by atoms with Gasteiger partial charge >= 0.3 is 0 Å². The van der Waals surface area contributed by atoms with E-state index in [0.29, 0.717) is 20.8 Å². The zero-order chi connectivity index (χ0) is 17.6. The minimum absolute atomic E-state index is 0.0814. The summed E-state index contributed by atoms with van der Waals surface area (Å²) >= 11 is 17.3. The molecule has 3 N–H and O–H groups in total. The van der Waals surface area contributed by atoms with Crippen molar-refractivity contribution in [2.75, 3.05) is 5.32 Å². The van der Waals surface area contributed by atoms with E-state index in [1.165, 1.54) is 19.3 Å². The molecular weight excluding hydrogens is 377 g/mol. The summed E-state index contributed by atoms with van der Waals surface area (Å²) in [7, 11) is 0. The topological polar surface area (TPSA) is 53.2 Å². The summed E-state index contributed by atoms with van der Waals surface area (Å²) in [6.07, 6.45) is 7.01. The van der Waals surface area contributed by atoms with E-state index in [-0.39, 0.29) is 11.3 Å². The molecular formula is C18H21Cl2N3OS. The zero-order valence-electron chi connectivity index (χ0n) is 13.8. The SMILES string of the molecule is O=C(NNC(=S)Nc1ccc(Cl)cc1Cl)C12CC3CC(CC(C3)C1)C2. The monoisotopic (exact) mass is 397 g/mol. The molecule has 134 valence electrons. The summed E-state index contributed by atoms with van der Waals surface area (Å²) in [5, 5.41) is 4.33. The highest BCUT2D eigenvalue weighted by Crippen LogP contribution is 2.60. The van der Waals surface area contributed by atoms with Gasteiger partial charge in [-0.05, 0) is 86.7 Å². The fraction of sp³-hybridized carbons (Fsp3) is 0.556. The Morgan fingerprint density at radius 2 is 1.64 bits per heavy atom. The maximum atomic E-state index is 12.9. The first-order chi connectivity index (χ1) is 11.9. The second kappa shape index (κ2) is 6.60. The minimum Gasteiger partial charge on any atom is -0.330 e. The van der Waals surface area contributed by atoms with E-state index in [1.807, 2.05) is 0 Å². The van der Waals surface area contributed by atoms with Crippen LogP contribution in [0.5, 0.6) is 0 Å². The number of nitrogens with one attached hydrogen (secondary N) is 3. The highest BCUT2D eigenvalue weighted by molar-refractivity contribution is 7.80. The number of halogens is 2. The Labute approximate surface area is 163 Å². The zero-order valence-corrected chi connectivity index (χ0v) is 16.1. The van der Waals surface area contributed by atoms with Crippen molar-refractivity contribution in [3.05, 3.63) is 28.2 Å². The van der Waals surface area contributed by atoms with E-state index in [9.17, 15) is 4.79 Å². The summed E-state index contributed by atoms with van der Waals surface area (Å²) in [4.78, 5) is 12.9. The van der Waals surface area contributed by atoms with Crippen LogP contribution in [0.25, 0.3) is 0 Å². The van der Waals surface area contributed by atoms with Crippen LogP contribution in [0.4, 0.5) is 5.69 Å². The summed E-state index contributed by atoms with van der Waals surface area (Å²) in [5.74, 6) is 2.28. The Morgan fingerprint density at radius 1 is 1.04 bits per heavy atom. The van der Waals surface area contributed by atoms with Crippen LogP contribution >= 0.6 is 35.4 Å². The average molecular weight is 398 g/mol. The number of hydrogen-bond donors (Lipinski definition) is 3. The molecule has 1 aromatic carbocycles. The van der Waals surface area contributed by atoms with E-state index < -0.39 is 0 Å². The maximum Gasteiger partial charge on any atom is 0.244 e. The number of anilines is 1. The lowest BCUT2D eigenvalue weighted by molar-refractivity contribution is -0.146. The highest BCUT2D eigenvalue weighted by Gasteiger charge is 2.54. The molecule has 4 fully saturated rings. The van der Waals surface area contributed by atoms with Crippen molar-refractivity contribution in [1.82, 2.24) is 10.9 Å². The molecule has 4 saturated carbocycles. The number of hydrazine groups is 1. The number of carbonyl (C=O) groups excluding carboxylic acids is 1. The van der Waals surface area contributed by atoms with Gasteiger partial charge < -0.3 is 5.32 Å². The molecule has 0 heterocycles. The Kier molecular flexibility index (Phi) is 4.59. The van der Waals surface area contributed by atoms with E-state index in [0.717, 1.165) is 37.0 Å². The van der Waals surface area contributed by atoms with Crippen LogP contribution in [0.15, 0.2) is 18.2 Å². The standard InChI is InChI=1S/C18H21Cl2N3OS/c19-13-1-2-15(14(20)6-13)21-17(25)23-22-16(24)18-7-10-3-11(8-18)5-12(4-10)9-18/h1-2,6,10-12H,3-5,7-9H2,(H,22,24)(H2,21,23,25). The average Bonchev–Trinajstić information content (AvgIpc) is 2.54. The molecule has 0 aromatic heterocycles. The first-order valence-electron chi connectivity index (χ1n) is 8.76. The highest BCUT2D eigenvalue weighted by atomic mass is 35.5. The van der Waals surface area contributed by atoms with E-state index in [1.54, 1.807) is 18.2 Å². The number of hydrogen-bond acceptors (Lipinski definition) is 2. The lowest BCUT2D eigenvalue weighted by Gasteiger charge is -2.55. The molecule has 1 amide bonds. The molecule has 4 nitrogen and oxygen atoms in total. The quantitative estimate of drug-likeness (QED) is 0.506. The van der Waals surface area contributed by atoms with Gasteiger partial charge in [0.05, 0.1) is 16.1 Å². The Hall–Kier alpha value is -1.04. The Bertz CT molecular complexity index is 689. The van der Waals surface area contributed by atoms with Gasteiger partial charge in [0.15, 0.2) is 5.11 Å². The predicted molar refractivity (Wildman–Crippen MR) is 105 cm³/mol. The van der Waals surface area contributed by atoms with Crippen molar-refractivity contribution >= 4 is 52.1 Å². The minimum atomic E-state index is -0.199. The summed E-state index contributed by atoms with van der Waals surface area (Å²) in [6.45, 7) is 0. The molecule has 0 aliphatic heterocycles. The van der Waals surface area contributed by atoms with Gasteiger partial charge in [0.25, 0.3) is 0 Å².